The molecule has 0 saturated carbocycles. The number of amides is 2. The van der Waals surface area contributed by atoms with Gasteiger partial charge in [0.05, 0.1) is 16.5 Å². The number of halogens is 1. The molecule has 3 nitrogen and oxygen atoms in total. The normalized spacial score (nSPS) is 16.1. The van der Waals surface area contributed by atoms with E-state index in [1.165, 1.54) is 0 Å². The van der Waals surface area contributed by atoms with E-state index in [2.05, 4.69) is 5.32 Å². The molecular formula is C11H10ClNO2. The first kappa shape index (κ1) is 10.2. The van der Waals surface area contributed by atoms with Crippen molar-refractivity contribution in [2.45, 2.75) is 18.7 Å². The van der Waals surface area contributed by atoms with Gasteiger partial charge < -0.3 is 0 Å². The molecule has 1 unspecified atom stereocenters. The fourth-order valence-electron chi connectivity index (χ4n) is 1.73. The van der Waals surface area contributed by atoms with Crippen molar-refractivity contribution in [1.82, 2.24) is 5.32 Å². The number of hydrogen-bond donors (Lipinski definition) is 1. The highest BCUT2D eigenvalue weighted by Gasteiger charge is 2.30. The Bertz CT molecular complexity index is 442. The van der Waals surface area contributed by atoms with Gasteiger partial charge in [0.2, 0.25) is 0 Å². The third-order valence-electron chi connectivity index (χ3n) is 2.49. The molecule has 0 radical (unpaired) electrons. The van der Waals surface area contributed by atoms with Gasteiger partial charge in [0, 0.05) is 0 Å². The molecule has 78 valence electrons. The topological polar surface area (TPSA) is 46.2 Å². The fourth-order valence-corrected chi connectivity index (χ4v) is 1.91. The van der Waals surface area contributed by atoms with Crippen molar-refractivity contribution in [3.05, 3.63) is 34.9 Å². The van der Waals surface area contributed by atoms with E-state index < -0.39 is 0 Å². The van der Waals surface area contributed by atoms with Crippen LogP contribution in [0.5, 0.6) is 0 Å². The van der Waals surface area contributed by atoms with Gasteiger partial charge in [0.25, 0.3) is 11.8 Å². The van der Waals surface area contributed by atoms with Crippen molar-refractivity contribution in [2.24, 2.45) is 0 Å². The molecule has 1 aromatic rings. The lowest BCUT2D eigenvalue weighted by molar-refractivity contribution is 0.0879. The highest BCUT2D eigenvalue weighted by molar-refractivity contribution is 6.25. The molecule has 0 fully saturated rings. The summed E-state index contributed by atoms with van der Waals surface area (Å²) in [4.78, 5) is 22.9. The first-order valence-corrected chi connectivity index (χ1v) is 5.21. The Hall–Kier alpha value is -1.35. The lowest BCUT2D eigenvalue weighted by Gasteiger charge is -2.09. The van der Waals surface area contributed by atoms with Gasteiger partial charge in [-0.25, -0.2) is 0 Å². The van der Waals surface area contributed by atoms with E-state index in [-0.39, 0.29) is 17.2 Å². The quantitative estimate of drug-likeness (QED) is 0.618. The lowest BCUT2D eigenvalue weighted by Crippen LogP contribution is -2.20. The van der Waals surface area contributed by atoms with Gasteiger partial charge >= 0.3 is 0 Å². The lowest BCUT2D eigenvalue weighted by atomic mass is 9.99. The van der Waals surface area contributed by atoms with E-state index in [0.717, 1.165) is 12.0 Å². The maximum atomic E-state index is 11.5. The molecule has 4 heteroatoms. The first-order valence-electron chi connectivity index (χ1n) is 4.77. The second-order valence-electron chi connectivity index (χ2n) is 3.43. The van der Waals surface area contributed by atoms with Crippen LogP contribution in [0.1, 0.15) is 45.0 Å². The monoisotopic (exact) mass is 223 g/mol. The standard InChI is InChI=1S/C11H10ClNO2/c1-2-8(12)6-4-3-5-7-9(6)11(15)13-10(7)14/h3-5,8H,2H2,1H3,(H,13,14,15). The summed E-state index contributed by atoms with van der Waals surface area (Å²) in [6, 6.07) is 5.17. The molecule has 1 heterocycles. The molecule has 2 rings (SSSR count). The molecule has 1 aromatic carbocycles. The number of rotatable bonds is 2. The molecule has 2 amide bonds. The van der Waals surface area contributed by atoms with Crippen LogP contribution < -0.4 is 5.32 Å². The van der Waals surface area contributed by atoms with E-state index in [0.29, 0.717) is 11.1 Å². The molecule has 0 bridgehead atoms. The molecule has 1 N–H and O–H groups in total. The zero-order valence-corrected chi connectivity index (χ0v) is 8.97. The van der Waals surface area contributed by atoms with Gasteiger partial charge in [-0.3, -0.25) is 14.9 Å². The van der Waals surface area contributed by atoms with Crippen LogP contribution in [-0.2, 0) is 0 Å². The number of carbonyl (C=O) groups is 2. The predicted molar refractivity (Wildman–Crippen MR) is 57.1 cm³/mol. The highest BCUT2D eigenvalue weighted by Crippen LogP contribution is 2.30. The van der Waals surface area contributed by atoms with Crippen LogP contribution >= 0.6 is 11.6 Å². The molecule has 1 aliphatic rings. The Labute approximate surface area is 92.4 Å². The van der Waals surface area contributed by atoms with E-state index in [1.54, 1.807) is 18.2 Å². The Morgan fingerprint density at radius 1 is 1.33 bits per heavy atom. The van der Waals surface area contributed by atoms with Crippen molar-refractivity contribution in [1.29, 1.82) is 0 Å². The smallest absolute Gasteiger partial charge is 0.259 e. The predicted octanol–water partition coefficient (Wildman–Crippen LogP) is 2.26. The summed E-state index contributed by atoms with van der Waals surface area (Å²) < 4.78 is 0. The number of benzene rings is 1. The summed E-state index contributed by atoms with van der Waals surface area (Å²) in [5.41, 5.74) is 1.60. The van der Waals surface area contributed by atoms with Gasteiger partial charge in [-0.15, -0.1) is 11.6 Å². The summed E-state index contributed by atoms with van der Waals surface area (Å²) in [6.07, 6.45) is 0.722. The average Bonchev–Trinajstić information content (AvgIpc) is 2.54. The Morgan fingerprint density at radius 3 is 2.73 bits per heavy atom. The third kappa shape index (κ3) is 1.53. The summed E-state index contributed by atoms with van der Waals surface area (Å²) in [7, 11) is 0. The minimum absolute atomic E-state index is 0.225. The minimum atomic E-state index is -0.343. The van der Waals surface area contributed by atoms with Crippen LogP contribution in [0.4, 0.5) is 0 Å². The molecule has 0 aliphatic carbocycles. The molecule has 15 heavy (non-hydrogen) atoms. The number of nitrogens with one attached hydrogen (secondary N) is 1. The van der Waals surface area contributed by atoms with Crippen LogP contribution in [0.2, 0.25) is 0 Å². The molecule has 0 saturated heterocycles. The van der Waals surface area contributed by atoms with E-state index in [1.807, 2.05) is 6.92 Å². The number of fused-ring (bicyclic) bond motifs is 1. The maximum Gasteiger partial charge on any atom is 0.259 e. The van der Waals surface area contributed by atoms with Crippen molar-refractivity contribution in [2.75, 3.05) is 0 Å². The molecular weight excluding hydrogens is 214 g/mol. The van der Waals surface area contributed by atoms with Crippen LogP contribution in [0, 0.1) is 0 Å². The number of imide groups is 1. The van der Waals surface area contributed by atoms with Gasteiger partial charge in [0.15, 0.2) is 0 Å². The van der Waals surface area contributed by atoms with Crippen LogP contribution in [-0.4, -0.2) is 11.8 Å². The van der Waals surface area contributed by atoms with Gasteiger partial charge in [-0.2, -0.15) is 0 Å². The Morgan fingerprint density at radius 2 is 2.07 bits per heavy atom. The number of alkyl halides is 1. The zero-order chi connectivity index (χ0) is 11.0. The van der Waals surface area contributed by atoms with Crippen molar-refractivity contribution < 1.29 is 9.59 Å². The molecule has 0 aromatic heterocycles. The summed E-state index contributed by atoms with van der Waals surface area (Å²) in [5.74, 6) is -0.679. The maximum absolute atomic E-state index is 11.5. The zero-order valence-electron chi connectivity index (χ0n) is 8.21. The summed E-state index contributed by atoms with van der Waals surface area (Å²) in [6.45, 7) is 1.94. The Balaban J connectivity index is 2.60. The van der Waals surface area contributed by atoms with Crippen LogP contribution in [0.25, 0.3) is 0 Å². The first-order chi connectivity index (χ1) is 7.15. The SMILES string of the molecule is CCC(Cl)c1cccc2c1C(=O)NC2=O. The minimum Gasteiger partial charge on any atom is -0.288 e. The summed E-state index contributed by atoms with van der Waals surface area (Å²) in [5, 5.41) is 2.04. The number of carbonyl (C=O) groups excluding carboxylic acids is 2. The molecule has 1 aliphatic heterocycles. The van der Waals surface area contributed by atoms with E-state index >= 15 is 0 Å². The van der Waals surface area contributed by atoms with Gasteiger partial charge in [-0.1, -0.05) is 19.1 Å². The largest absolute Gasteiger partial charge is 0.288 e. The Kier molecular flexibility index (Phi) is 2.49. The van der Waals surface area contributed by atoms with Gasteiger partial charge in [-0.05, 0) is 18.1 Å². The summed E-state index contributed by atoms with van der Waals surface area (Å²) >= 11 is 6.10. The average molecular weight is 224 g/mol. The van der Waals surface area contributed by atoms with Gasteiger partial charge in [0.1, 0.15) is 0 Å². The van der Waals surface area contributed by atoms with E-state index in [9.17, 15) is 9.59 Å². The van der Waals surface area contributed by atoms with E-state index in [4.69, 9.17) is 11.6 Å². The molecule has 0 spiro atoms. The molecule has 1 atom stereocenters. The highest BCUT2D eigenvalue weighted by atomic mass is 35.5. The van der Waals surface area contributed by atoms with Crippen LogP contribution in [0.15, 0.2) is 18.2 Å². The second kappa shape index (κ2) is 3.66. The fraction of sp³-hybridized carbons (Fsp3) is 0.273. The second-order valence-corrected chi connectivity index (χ2v) is 3.96. The third-order valence-corrected chi connectivity index (χ3v) is 3.04. The van der Waals surface area contributed by atoms with Crippen molar-refractivity contribution in [3.63, 3.8) is 0 Å². The van der Waals surface area contributed by atoms with Crippen molar-refractivity contribution in [3.8, 4) is 0 Å². The van der Waals surface area contributed by atoms with Crippen molar-refractivity contribution >= 4 is 23.4 Å². The van der Waals surface area contributed by atoms with Crippen LogP contribution in [0.3, 0.4) is 0 Å². The number of hydrogen-bond acceptors (Lipinski definition) is 2.